The van der Waals surface area contributed by atoms with Crippen LogP contribution in [0.3, 0.4) is 0 Å². The SMILES string of the molecule is Oc1cccc2c1CCC1C2CCN1CCN1CCCCC1. The first-order valence-corrected chi connectivity index (χ1v) is 9.10. The summed E-state index contributed by atoms with van der Waals surface area (Å²) in [7, 11) is 0. The Labute approximate surface area is 133 Å². The van der Waals surface area contributed by atoms with Crippen LogP contribution in [0.1, 0.15) is 49.1 Å². The van der Waals surface area contributed by atoms with E-state index in [0.29, 0.717) is 17.7 Å². The second kappa shape index (κ2) is 6.21. The van der Waals surface area contributed by atoms with E-state index in [1.165, 1.54) is 76.0 Å². The Morgan fingerprint density at radius 1 is 1.00 bits per heavy atom. The number of likely N-dealkylation sites (tertiary alicyclic amines) is 2. The molecule has 0 aromatic heterocycles. The average Bonchev–Trinajstić information content (AvgIpc) is 2.98. The molecule has 0 bridgehead atoms. The number of phenolic OH excluding ortho intramolecular Hbond substituents is 1. The van der Waals surface area contributed by atoms with Crippen LogP contribution in [0, 0.1) is 0 Å². The second-order valence-electron chi connectivity index (χ2n) is 7.28. The van der Waals surface area contributed by atoms with Crippen molar-refractivity contribution in [3.05, 3.63) is 29.3 Å². The van der Waals surface area contributed by atoms with E-state index in [2.05, 4.69) is 15.9 Å². The van der Waals surface area contributed by atoms with Gasteiger partial charge in [-0.3, -0.25) is 4.90 Å². The Morgan fingerprint density at radius 3 is 2.73 bits per heavy atom. The molecule has 3 aliphatic rings. The molecule has 120 valence electrons. The summed E-state index contributed by atoms with van der Waals surface area (Å²) in [6, 6.07) is 6.83. The van der Waals surface area contributed by atoms with Crippen molar-refractivity contribution in [2.75, 3.05) is 32.7 Å². The van der Waals surface area contributed by atoms with Gasteiger partial charge in [0.1, 0.15) is 5.75 Å². The summed E-state index contributed by atoms with van der Waals surface area (Å²) >= 11 is 0. The van der Waals surface area contributed by atoms with Gasteiger partial charge in [-0.25, -0.2) is 0 Å². The fourth-order valence-corrected chi connectivity index (χ4v) is 4.90. The highest BCUT2D eigenvalue weighted by Gasteiger charge is 2.39. The second-order valence-corrected chi connectivity index (χ2v) is 7.28. The number of hydrogen-bond acceptors (Lipinski definition) is 3. The third kappa shape index (κ3) is 2.65. The van der Waals surface area contributed by atoms with Crippen molar-refractivity contribution in [1.29, 1.82) is 0 Å². The molecule has 3 heteroatoms. The lowest BCUT2D eigenvalue weighted by Gasteiger charge is -2.35. The number of hydrogen-bond donors (Lipinski definition) is 1. The van der Waals surface area contributed by atoms with Crippen LogP contribution in [0.4, 0.5) is 0 Å². The highest BCUT2D eigenvalue weighted by molar-refractivity contribution is 5.44. The molecule has 0 radical (unpaired) electrons. The third-order valence-corrected chi connectivity index (χ3v) is 6.09. The minimum Gasteiger partial charge on any atom is -0.508 e. The fraction of sp³-hybridized carbons (Fsp3) is 0.684. The summed E-state index contributed by atoms with van der Waals surface area (Å²) < 4.78 is 0. The summed E-state index contributed by atoms with van der Waals surface area (Å²) in [5.74, 6) is 1.17. The van der Waals surface area contributed by atoms with Gasteiger partial charge in [0, 0.05) is 25.0 Å². The molecule has 22 heavy (non-hydrogen) atoms. The summed E-state index contributed by atoms with van der Waals surface area (Å²) in [4.78, 5) is 5.38. The van der Waals surface area contributed by atoms with Gasteiger partial charge >= 0.3 is 0 Å². The van der Waals surface area contributed by atoms with Gasteiger partial charge < -0.3 is 10.0 Å². The summed E-state index contributed by atoms with van der Waals surface area (Å²) in [5.41, 5.74) is 2.65. The molecule has 1 N–H and O–H groups in total. The Morgan fingerprint density at radius 2 is 1.86 bits per heavy atom. The van der Waals surface area contributed by atoms with Crippen molar-refractivity contribution in [1.82, 2.24) is 9.80 Å². The number of nitrogens with zero attached hydrogens (tertiary/aromatic N) is 2. The summed E-state index contributed by atoms with van der Waals surface area (Å²) in [6.45, 7) is 6.32. The van der Waals surface area contributed by atoms with Crippen molar-refractivity contribution in [3.63, 3.8) is 0 Å². The number of aromatic hydroxyl groups is 1. The van der Waals surface area contributed by atoms with Crippen LogP contribution in [0.15, 0.2) is 18.2 Å². The van der Waals surface area contributed by atoms with Crippen LogP contribution < -0.4 is 0 Å². The Bertz CT molecular complexity index is 524. The molecule has 2 saturated heterocycles. The van der Waals surface area contributed by atoms with Crippen molar-refractivity contribution in [2.24, 2.45) is 0 Å². The molecule has 3 nitrogen and oxygen atoms in total. The molecule has 0 spiro atoms. The zero-order valence-electron chi connectivity index (χ0n) is 13.5. The maximum absolute atomic E-state index is 10.1. The molecular weight excluding hydrogens is 272 g/mol. The standard InChI is InChI=1S/C19H28N2O/c22-19-6-4-5-15-16-9-12-21(18(16)8-7-17(15)19)14-13-20-10-2-1-3-11-20/h4-6,16,18,22H,1-3,7-14H2. The zero-order valence-corrected chi connectivity index (χ0v) is 13.5. The van der Waals surface area contributed by atoms with Gasteiger partial charge in [0.15, 0.2) is 0 Å². The van der Waals surface area contributed by atoms with Crippen LogP contribution in [0.25, 0.3) is 0 Å². The van der Waals surface area contributed by atoms with Crippen LogP contribution in [-0.2, 0) is 6.42 Å². The Kier molecular flexibility index (Phi) is 4.10. The Hall–Kier alpha value is -1.06. The molecule has 2 unspecified atom stereocenters. The monoisotopic (exact) mass is 300 g/mol. The predicted molar refractivity (Wildman–Crippen MR) is 89.4 cm³/mol. The summed E-state index contributed by atoms with van der Waals surface area (Å²) in [5, 5.41) is 10.1. The van der Waals surface area contributed by atoms with E-state index in [1.807, 2.05) is 12.1 Å². The maximum Gasteiger partial charge on any atom is 0.119 e. The lowest BCUT2D eigenvalue weighted by atomic mass is 9.79. The van der Waals surface area contributed by atoms with E-state index in [-0.39, 0.29) is 0 Å². The minimum atomic E-state index is 0.516. The van der Waals surface area contributed by atoms with E-state index >= 15 is 0 Å². The van der Waals surface area contributed by atoms with Crippen molar-refractivity contribution in [2.45, 2.75) is 50.5 Å². The number of piperidine rings is 1. The lowest BCUT2D eigenvalue weighted by molar-refractivity contribution is 0.164. The van der Waals surface area contributed by atoms with Crippen LogP contribution in [-0.4, -0.2) is 53.7 Å². The molecular formula is C19H28N2O. The zero-order chi connectivity index (χ0) is 14.9. The molecule has 1 aromatic carbocycles. The third-order valence-electron chi connectivity index (χ3n) is 6.09. The van der Waals surface area contributed by atoms with Crippen molar-refractivity contribution in [3.8, 4) is 5.75 Å². The van der Waals surface area contributed by atoms with E-state index in [1.54, 1.807) is 0 Å². The van der Waals surface area contributed by atoms with Crippen LogP contribution in [0.2, 0.25) is 0 Å². The maximum atomic E-state index is 10.1. The first-order valence-electron chi connectivity index (χ1n) is 9.10. The molecule has 2 atom stereocenters. The molecule has 2 aliphatic heterocycles. The molecule has 4 rings (SSSR count). The van der Waals surface area contributed by atoms with E-state index in [0.717, 1.165) is 6.42 Å². The van der Waals surface area contributed by atoms with Gasteiger partial charge in [0.05, 0.1) is 0 Å². The normalized spacial score (nSPS) is 29.3. The molecule has 0 saturated carbocycles. The van der Waals surface area contributed by atoms with E-state index < -0.39 is 0 Å². The first kappa shape index (κ1) is 14.5. The highest BCUT2D eigenvalue weighted by Crippen LogP contribution is 2.43. The largest absolute Gasteiger partial charge is 0.508 e. The molecule has 1 aromatic rings. The van der Waals surface area contributed by atoms with Crippen molar-refractivity contribution < 1.29 is 5.11 Å². The van der Waals surface area contributed by atoms with Gasteiger partial charge in [0.2, 0.25) is 0 Å². The van der Waals surface area contributed by atoms with E-state index in [4.69, 9.17) is 0 Å². The van der Waals surface area contributed by atoms with E-state index in [9.17, 15) is 5.11 Å². The smallest absolute Gasteiger partial charge is 0.119 e. The molecule has 2 fully saturated rings. The molecule has 2 heterocycles. The molecule has 0 amide bonds. The van der Waals surface area contributed by atoms with Crippen LogP contribution >= 0.6 is 0 Å². The van der Waals surface area contributed by atoms with Gasteiger partial charge in [-0.05, 0) is 68.9 Å². The lowest BCUT2D eigenvalue weighted by Crippen LogP contribution is -2.41. The van der Waals surface area contributed by atoms with Gasteiger partial charge in [-0.1, -0.05) is 18.6 Å². The van der Waals surface area contributed by atoms with Crippen molar-refractivity contribution >= 4 is 0 Å². The quantitative estimate of drug-likeness (QED) is 0.929. The first-order chi connectivity index (χ1) is 10.8. The van der Waals surface area contributed by atoms with Crippen LogP contribution in [0.5, 0.6) is 5.75 Å². The van der Waals surface area contributed by atoms with Gasteiger partial charge in [-0.15, -0.1) is 0 Å². The highest BCUT2D eigenvalue weighted by atomic mass is 16.3. The minimum absolute atomic E-state index is 0.516. The number of benzene rings is 1. The molecule has 1 aliphatic carbocycles. The fourth-order valence-electron chi connectivity index (χ4n) is 4.90. The summed E-state index contributed by atoms with van der Waals surface area (Å²) in [6.07, 6.45) is 7.72. The Balaban J connectivity index is 1.42. The number of phenols is 1. The predicted octanol–water partition coefficient (Wildman–Crippen LogP) is 2.98. The number of fused-ring (bicyclic) bond motifs is 3. The van der Waals surface area contributed by atoms with Gasteiger partial charge in [0.25, 0.3) is 0 Å². The van der Waals surface area contributed by atoms with Gasteiger partial charge in [-0.2, -0.15) is 0 Å². The topological polar surface area (TPSA) is 26.7 Å². The number of rotatable bonds is 3. The average molecular weight is 300 g/mol.